The van der Waals surface area contributed by atoms with Crippen LogP contribution in [0.4, 0.5) is 4.79 Å². The van der Waals surface area contributed by atoms with Crippen LogP contribution in [0.5, 0.6) is 0 Å². The van der Waals surface area contributed by atoms with Crippen molar-refractivity contribution < 1.29 is 4.79 Å². The lowest BCUT2D eigenvalue weighted by atomic mass is 9.93. The van der Waals surface area contributed by atoms with Crippen molar-refractivity contribution in [2.45, 2.75) is 57.0 Å². The van der Waals surface area contributed by atoms with E-state index in [1.807, 2.05) is 17.9 Å². The first kappa shape index (κ1) is 16.3. The van der Waals surface area contributed by atoms with Gasteiger partial charge in [0.05, 0.1) is 12.2 Å². The van der Waals surface area contributed by atoms with Crippen LogP contribution < -0.4 is 10.6 Å². The Morgan fingerprint density at radius 3 is 2.91 bits per heavy atom. The van der Waals surface area contributed by atoms with Crippen molar-refractivity contribution in [1.82, 2.24) is 25.3 Å². The molecule has 1 aromatic rings. The van der Waals surface area contributed by atoms with Crippen molar-refractivity contribution in [3.05, 3.63) is 17.5 Å². The predicted molar refractivity (Wildman–Crippen MR) is 90.3 cm³/mol. The zero-order valence-electron chi connectivity index (χ0n) is 14.3. The molecule has 1 heterocycles. The summed E-state index contributed by atoms with van der Waals surface area (Å²) < 4.78 is 1.93. The van der Waals surface area contributed by atoms with E-state index in [4.69, 9.17) is 0 Å². The maximum absolute atomic E-state index is 12.2. The molecule has 1 saturated carbocycles. The van der Waals surface area contributed by atoms with Crippen molar-refractivity contribution in [2.75, 3.05) is 20.1 Å². The number of carbonyl (C=O) groups excluding carboxylic acids is 1. The van der Waals surface area contributed by atoms with Gasteiger partial charge in [-0.2, -0.15) is 5.10 Å². The fraction of sp³-hybridized carbons (Fsp3) is 0.765. The Morgan fingerprint density at radius 1 is 1.35 bits per heavy atom. The van der Waals surface area contributed by atoms with Gasteiger partial charge >= 0.3 is 6.03 Å². The summed E-state index contributed by atoms with van der Waals surface area (Å²) >= 11 is 0. The van der Waals surface area contributed by atoms with Crippen molar-refractivity contribution in [1.29, 1.82) is 0 Å². The molecule has 0 saturated heterocycles. The molecule has 2 aliphatic rings. The van der Waals surface area contributed by atoms with Gasteiger partial charge in [-0.15, -0.1) is 0 Å². The molecule has 3 rings (SSSR count). The normalized spacial score (nSPS) is 21.4. The van der Waals surface area contributed by atoms with E-state index in [2.05, 4.69) is 27.7 Å². The third-order valence-corrected chi connectivity index (χ3v) is 5.38. The highest BCUT2D eigenvalue weighted by Gasteiger charge is 2.24. The van der Waals surface area contributed by atoms with Crippen LogP contribution in [-0.4, -0.2) is 46.9 Å². The summed E-state index contributed by atoms with van der Waals surface area (Å²) in [5.74, 6) is 0. The van der Waals surface area contributed by atoms with Crippen molar-refractivity contribution in [3.8, 4) is 0 Å². The van der Waals surface area contributed by atoms with Crippen LogP contribution in [0.25, 0.3) is 0 Å². The molecule has 2 aliphatic carbocycles. The molecule has 6 nitrogen and oxygen atoms in total. The zero-order valence-corrected chi connectivity index (χ0v) is 14.3. The molecule has 0 radical (unpaired) electrons. The number of nitrogens with one attached hydrogen (secondary N) is 2. The van der Waals surface area contributed by atoms with E-state index in [0.717, 1.165) is 25.8 Å². The molecule has 1 fully saturated rings. The van der Waals surface area contributed by atoms with E-state index in [9.17, 15) is 4.79 Å². The minimum atomic E-state index is -0.0634. The van der Waals surface area contributed by atoms with Gasteiger partial charge in [0.25, 0.3) is 0 Å². The first-order valence-electron chi connectivity index (χ1n) is 8.90. The van der Waals surface area contributed by atoms with E-state index in [1.54, 1.807) is 0 Å². The van der Waals surface area contributed by atoms with Gasteiger partial charge in [0, 0.05) is 37.4 Å². The van der Waals surface area contributed by atoms with Gasteiger partial charge < -0.3 is 15.5 Å². The number of rotatable bonds is 5. The van der Waals surface area contributed by atoms with E-state index in [-0.39, 0.29) is 12.1 Å². The van der Waals surface area contributed by atoms with Gasteiger partial charge in [0.15, 0.2) is 0 Å². The molecule has 2 amide bonds. The van der Waals surface area contributed by atoms with Gasteiger partial charge in [-0.25, -0.2) is 4.79 Å². The zero-order chi connectivity index (χ0) is 16.2. The monoisotopic (exact) mass is 319 g/mol. The number of nitrogens with zero attached hydrogens (tertiary/aromatic N) is 3. The van der Waals surface area contributed by atoms with Crippen LogP contribution in [-0.2, 0) is 13.5 Å². The average Bonchev–Trinajstić information content (AvgIpc) is 3.18. The Morgan fingerprint density at radius 2 is 2.13 bits per heavy atom. The Balaban J connectivity index is 1.43. The maximum atomic E-state index is 12.2. The number of urea groups is 1. The second-order valence-corrected chi connectivity index (χ2v) is 6.93. The molecule has 128 valence electrons. The fourth-order valence-electron chi connectivity index (χ4n) is 3.94. The topological polar surface area (TPSA) is 62.2 Å². The molecule has 1 atom stereocenters. The Bertz CT molecular complexity index is 535. The quantitative estimate of drug-likeness (QED) is 0.872. The summed E-state index contributed by atoms with van der Waals surface area (Å²) in [5.41, 5.74) is 2.43. The lowest BCUT2D eigenvalue weighted by Gasteiger charge is -2.25. The number of likely N-dealkylation sites (N-methyl/N-ethyl adjacent to an activating group) is 1. The van der Waals surface area contributed by atoms with Crippen molar-refractivity contribution >= 4 is 6.03 Å². The van der Waals surface area contributed by atoms with Crippen LogP contribution >= 0.6 is 0 Å². The Hall–Kier alpha value is -1.56. The van der Waals surface area contributed by atoms with E-state index in [1.165, 1.54) is 36.9 Å². The standard InChI is InChI=1S/C17H29N5O/c1-21(13-6-3-4-7-13)11-10-18-17(23)20-15-8-5-9-16-14(15)12-19-22(16)2/h12-13,15H,3-11H2,1-2H3,(H2,18,20,23)/t15-/m1/s1. The highest BCUT2D eigenvalue weighted by atomic mass is 16.2. The smallest absolute Gasteiger partial charge is 0.315 e. The summed E-state index contributed by atoms with van der Waals surface area (Å²) in [7, 11) is 4.14. The van der Waals surface area contributed by atoms with Crippen molar-refractivity contribution in [2.24, 2.45) is 7.05 Å². The Labute approximate surface area is 138 Å². The lowest BCUT2D eigenvalue weighted by Crippen LogP contribution is -2.43. The Kier molecular flexibility index (Phi) is 5.20. The molecule has 6 heteroatoms. The van der Waals surface area contributed by atoms with E-state index in [0.29, 0.717) is 12.6 Å². The molecular weight excluding hydrogens is 290 g/mol. The number of fused-ring (bicyclic) bond motifs is 1. The van der Waals surface area contributed by atoms with Gasteiger partial charge in [0.2, 0.25) is 0 Å². The molecule has 2 N–H and O–H groups in total. The number of carbonyl (C=O) groups is 1. The van der Waals surface area contributed by atoms with Gasteiger partial charge in [-0.1, -0.05) is 12.8 Å². The maximum Gasteiger partial charge on any atom is 0.315 e. The van der Waals surface area contributed by atoms with Gasteiger partial charge in [0.1, 0.15) is 0 Å². The van der Waals surface area contributed by atoms with Crippen LogP contribution in [0.2, 0.25) is 0 Å². The van der Waals surface area contributed by atoms with Crippen LogP contribution in [0.15, 0.2) is 6.20 Å². The minimum absolute atomic E-state index is 0.0634. The second-order valence-electron chi connectivity index (χ2n) is 6.93. The lowest BCUT2D eigenvalue weighted by molar-refractivity contribution is 0.224. The summed E-state index contributed by atoms with van der Waals surface area (Å²) in [6.45, 7) is 1.62. The molecule has 0 aromatic carbocycles. The number of aromatic nitrogens is 2. The van der Waals surface area contributed by atoms with E-state index >= 15 is 0 Å². The SMILES string of the molecule is CN(CCNC(=O)N[C@@H]1CCCc2c1cnn2C)C1CCCC1. The second kappa shape index (κ2) is 7.34. The summed E-state index contributed by atoms with van der Waals surface area (Å²) in [4.78, 5) is 14.5. The third-order valence-electron chi connectivity index (χ3n) is 5.38. The highest BCUT2D eigenvalue weighted by molar-refractivity contribution is 5.74. The summed E-state index contributed by atoms with van der Waals surface area (Å²) in [6, 6.07) is 0.739. The van der Waals surface area contributed by atoms with Crippen LogP contribution in [0, 0.1) is 0 Å². The molecular formula is C17H29N5O. The van der Waals surface area contributed by atoms with Crippen molar-refractivity contribution in [3.63, 3.8) is 0 Å². The number of aryl methyl sites for hydroxylation is 1. The number of hydrogen-bond acceptors (Lipinski definition) is 3. The summed E-state index contributed by atoms with van der Waals surface area (Å²) in [6.07, 6.45) is 10.3. The van der Waals surface area contributed by atoms with Crippen LogP contribution in [0.3, 0.4) is 0 Å². The highest BCUT2D eigenvalue weighted by Crippen LogP contribution is 2.28. The molecule has 0 unspecified atom stereocenters. The molecule has 0 spiro atoms. The number of amides is 2. The predicted octanol–water partition coefficient (Wildman–Crippen LogP) is 1.97. The van der Waals surface area contributed by atoms with E-state index < -0.39 is 0 Å². The largest absolute Gasteiger partial charge is 0.337 e. The van der Waals surface area contributed by atoms with Crippen LogP contribution in [0.1, 0.15) is 55.8 Å². The molecule has 1 aromatic heterocycles. The first-order chi connectivity index (χ1) is 11.1. The third kappa shape index (κ3) is 3.86. The summed E-state index contributed by atoms with van der Waals surface area (Å²) in [5, 5.41) is 10.4. The molecule has 23 heavy (non-hydrogen) atoms. The molecule has 0 aliphatic heterocycles. The minimum Gasteiger partial charge on any atom is -0.337 e. The molecule has 0 bridgehead atoms. The number of hydrogen-bond donors (Lipinski definition) is 2. The average molecular weight is 319 g/mol. The fourth-order valence-corrected chi connectivity index (χ4v) is 3.94. The van der Waals surface area contributed by atoms with Gasteiger partial charge in [-0.05, 0) is 39.2 Å². The first-order valence-corrected chi connectivity index (χ1v) is 8.90. The van der Waals surface area contributed by atoms with Gasteiger partial charge in [-0.3, -0.25) is 4.68 Å².